The van der Waals surface area contributed by atoms with Crippen LogP contribution in [0.4, 0.5) is 5.69 Å². The van der Waals surface area contributed by atoms with Crippen LogP contribution in [0.25, 0.3) is 0 Å². The molecule has 0 aromatic heterocycles. The molecule has 1 aliphatic rings. The number of likely N-dealkylation sites (tertiary alicyclic amines) is 1. The van der Waals surface area contributed by atoms with Crippen LogP contribution < -0.4 is 15.4 Å². The molecule has 1 saturated heterocycles. The third-order valence-electron chi connectivity index (χ3n) is 3.68. The van der Waals surface area contributed by atoms with E-state index in [1.807, 2.05) is 38.2 Å². The third-order valence-corrected chi connectivity index (χ3v) is 3.68. The minimum Gasteiger partial charge on any atom is -0.494 e. The van der Waals surface area contributed by atoms with E-state index in [0.29, 0.717) is 19.1 Å². The predicted molar refractivity (Wildman–Crippen MR) is 92.0 cm³/mol. The lowest BCUT2D eigenvalue weighted by Gasteiger charge is -2.15. The molecule has 0 spiro atoms. The Morgan fingerprint density at radius 3 is 2.73 bits per heavy atom. The molecule has 1 fully saturated rings. The highest BCUT2D eigenvalue weighted by molar-refractivity contribution is 5.92. The van der Waals surface area contributed by atoms with Gasteiger partial charge < -0.3 is 15.4 Å². The minimum atomic E-state index is 0. The fourth-order valence-electron chi connectivity index (χ4n) is 2.72. The van der Waals surface area contributed by atoms with E-state index in [1.54, 1.807) is 0 Å². The lowest BCUT2D eigenvalue weighted by atomic mass is 10.1. The largest absolute Gasteiger partial charge is 0.494 e. The molecule has 0 radical (unpaired) electrons. The minimum absolute atomic E-state index is 0. The first-order chi connectivity index (χ1) is 10.2. The fraction of sp³-hybridized carbons (Fsp3) is 0.562. The van der Waals surface area contributed by atoms with Crippen molar-refractivity contribution in [3.63, 3.8) is 0 Å². The van der Waals surface area contributed by atoms with E-state index in [4.69, 9.17) is 4.74 Å². The molecule has 1 aliphatic heterocycles. The Hall–Kier alpha value is -1.30. The van der Waals surface area contributed by atoms with Gasteiger partial charge in [0.25, 0.3) is 0 Å². The zero-order chi connectivity index (χ0) is 15.1. The fourth-order valence-corrected chi connectivity index (χ4v) is 2.72. The number of rotatable bonds is 7. The highest BCUT2D eigenvalue weighted by Gasteiger charge is 2.23. The smallest absolute Gasteiger partial charge is 0.238 e. The number of halogens is 1. The molecule has 1 aromatic carbocycles. The van der Waals surface area contributed by atoms with Crippen molar-refractivity contribution in [3.8, 4) is 5.75 Å². The van der Waals surface area contributed by atoms with E-state index in [2.05, 4.69) is 15.5 Å². The van der Waals surface area contributed by atoms with Crippen LogP contribution in [0.2, 0.25) is 0 Å². The molecule has 1 amide bonds. The quantitative estimate of drug-likeness (QED) is 0.804. The van der Waals surface area contributed by atoms with Gasteiger partial charge in [0.1, 0.15) is 5.75 Å². The third kappa shape index (κ3) is 5.83. The summed E-state index contributed by atoms with van der Waals surface area (Å²) in [6, 6.07) is 7.49. The average molecular weight is 328 g/mol. The van der Waals surface area contributed by atoms with Gasteiger partial charge in [-0.1, -0.05) is 0 Å². The lowest BCUT2D eigenvalue weighted by Crippen LogP contribution is -2.32. The van der Waals surface area contributed by atoms with Gasteiger partial charge in [0.15, 0.2) is 0 Å². The van der Waals surface area contributed by atoms with Crippen LogP contribution in [0.5, 0.6) is 5.75 Å². The molecule has 5 nitrogen and oxygen atoms in total. The van der Waals surface area contributed by atoms with E-state index in [-0.39, 0.29) is 18.3 Å². The molecule has 0 aliphatic carbocycles. The summed E-state index contributed by atoms with van der Waals surface area (Å²) in [5.41, 5.74) is 0.814. The van der Waals surface area contributed by atoms with Crippen molar-refractivity contribution in [1.82, 2.24) is 10.2 Å². The summed E-state index contributed by atoms with van der Waals surface area (Å²) in [6.45, 7) is 6.09. The van der Waals surface area contributed by atoms with Crippen LogP contribution in [0.1, 0.15) is 13.3 Å². The zero-order valence-electron chi connectivity index (χ0n) is 13.3. The molecule has 1 unspecified atom stereocenters. The number of nitrogens with zero attached hydrogens (tertiary/aromatic N) is 1. The van der Waals surface area contributed by atoms with Gasteiger partial charge >= 0.3 is 0 Å². The topological polar surface area (TPSA) is 53.6 Å². The molecule has 1 aromatic rings. The number of anilines is 1. The van der Waals surface area contributed by atoms with Gasteiger partial charge in [-0.2, -0.15) is 0 Å². The molecule has 2 N–H and O–H groups in total. The number of hydrogen-bond acceptors (Lipinski definition) is 4. The molecular weight excluding hydrogens is 302 g/mol. The Morgan fingerprint density at radius 2 is 2.09 bits per heavy atom. The molecular formula is C16H26ClN3O2. The number of amides is 1. The summed E-state index contributed by atoms with van der Waals surface area (Å²) in [5, 5.41) is 6.13. The Balaban J connectivity index is 0.00000242. The maximum Gasteiger partial charge on any atom is 0.238 e. The van der Waals surface area contributed by atoms with Crippen molar-refractivity contribution >= 4 is 24.0 Å². The number of hydrogen-bond donors (Lipinski definition) is 2. The Labute approximate surface area is 138 Å². The molecule has 0 saturated carbocycles. The van der Waals surface area contributed by atoms with Crippen LogP contribution in [-0.2, 0) is 4.79 Å². The second-order valence-corrected chi connectivity index (χ2v) is 5.45. The van der Waals surface area contributed by atoms with E-state index < -0.39 is 0 Å². The Morgan fingerprint density at radius 1 is 1.36 bits per heavy atom. The molecule has 0 bridgehead atoms. The first-order valence-electron chi connectivity index (χ1n) is 7.61. The average Bonchev–Trinajstić information content (AvgIpc) is 2.89. The van der Waals surface area contributed by atoms with Crippen LogP contribution in [0.15, 0.2) is 24.3 Å². The summed E-state index contributed by atoms with van der Waals surface area (Å²) in [5.74, 6) is 1.53. The Kier molecular flexibility index (Phi) is 8.24. The number of carbonyl (C=O) groups excluding carboxylic acids is 1. The monoisotopic (exact) mass is 327 g/mol. The summed E-state index contributed by atoms with van der Waals surface area (Å²) >= 11 is 0. The van der Waals surface area contributed by atoms with Gasteiger partial charge in [-0.15, -0.1) is 12.4 Å². The van der Waals surface area contributed by atoms with Crippen molar-refractivity contribution in [1.29, 1.82) is 0 Å². The van der Waals surface area contributed by atoms with E-state index in [9.17, 15) is 4.79 Å². The van der Waals surface area contributed by atoms with Crippen molar-refractivity contribution in [3.05, 3.63) is 24.3 Å². The summed E-state index contributed by atoms with van der Waals surface area (Å²) < 4.78 is 5.38. The Bertz CT molecular complexity index is 453. The number of benzene rings is 1. The molecule has 22 heavy (non-hydrogen) atoms. The van der Waals surface area contributed by atoms with Gasteiger partial charge in [0.2, 0.25) is 5.91 Å². The van der Waals surface area contributed by atoms with Crippen molar-refractivity contribution in [2.24, 2.45) is 5.92 Å². The van der Waals surface area contributed by atoms with E-state index in [0.717, 1.165) is 37.5 Å². The van der Waals surface area contributed by atoms with Gasteiger partial charge in [0, 0.05) is 12.2 Å². The molecule has 124 valence electrons. The highest BCUT2D eigenvalue weighted by atomic mass is 35.5. The molecule has 6 heteroatoms. The standard InChI is InChI=1S/C16H25N3O2.ClH/c1-3-21-15-6-4-14(5-7-15)18-16(20)12-19-9-8-13(11-19)10-17-2;/h4-7,13,17H,3,8-12H2,1-2H3,(H,18,20);1H. The highest BCUT2D eigenvalue weighted by Crippen LogP contribution is 2.17. The van der Waals surface area contributed by atoms with E-state index in [1.165, 1.54) is 0 Å². The van der Waals surface area contributed by atoms with Crippen LogP contribution in [0, 0.1) is 5.92 Å². The normalized spacial score (nSPS) is 17.8. The first-order valence-corrected chi connectivity index (χ1v) is 7.61. The van der Waals surface area contributed by atoms with Crippen LogP contribution in [-0.4, -0.2) is 50.6 Å². The van der Waals surface area contributed by atoms with Gasteiger partial charge in [-0.3, -0.25) is 9.69 Å². The molecule has 1 heterocycles. The molecule has 2 rings (SSSR count). The lowest BCUT2D eigenvalue weighted by molar-refractivity contribution is -0.117. The van der Waals surface area contributed by atoms with Crippen LogP contribution >= 0.6 is 12.4 Å². The van der Waals surface area contributed by atoms with Gasteiger partial charge in [0.05, 0.1) is 13.2 Å². The summed E-state index contributed by atoms with van der Waals surface area (Å²) in [6.07, 6.45) is 1.16. The van der Waals surface area contributed by atoms with Crippen molar-refractivity contribution in [2.45, 2.75) is 13.3 Å². The number of ether oxygens (including phenoxy) is 1. The zero-order valence-corrected chi connectivity index (χ0v) is 14.1. The number of carbonyl (C=O) groups is 1. The second kappa shape index (κ2) is 9.66. The van der Waals surface area contributed by atoms with Crippen molar-refractivity contribution < 1.29 is 9.53 Å². The predicted octanol–water partition coefficient (Wildman–Crippen LogP) is 1.99. The maximum atomic E-state index is 12.0. The summed E-state index contributed by atoms with van der Waals surface area (Å²) in [4.78, 5) is 14.3. The summed E-state index contributed by atoms with van der Waals surface area (Å²) in [7, 11) is 1.97. The maximum absolute atomic E-state index is 12.0. The second-order valence-electron chi connectivity index (χ2n) is 5.45. The van der Waals surface area contributed by atoms with Crippen molar-refractivity contribution in [2.75, 3.05) is 45.2 Å². The van der Waals surface area contributed by atoms with E-state index >= 15 is 0 Å². The van der Waals surface area contributed by atoms with Gasteiger partial charge in [-0.25, -0.2) is 0 Å². The molecule has 1 atom stereocenters. The van der Waals surface area contributed by atoms with Crippen LogP contribution in [0.3, 0.4) is 0 Å². The van der Waals surface area contributed by atoms with Gasteiger partial charge in [-0.05, 0) is 63.7 Å². The SMILES string of the molecule is CCOc1ccc(NC(=O)CN2CCC(CNC)C2)cc1.Cl. The first kappa shape index (κ1) is 18.7. The number of nitrogens with one attached hydrogen (secondary N) is 2.